The number of allylic oxidation sites excluding steroid dienone is 5. The van der Waals surface area contributed by atoms with E-state index in [-0.39, 0.29) is 24.0 Å². The van der Waals surface area contributed by atoms with Crippen molar-refractivity contribution in [3.8, 4) is 0 Å². The third-order valence-corrected chi connectivity index (χ3v) is 7.50. The van der Waals surface area contributed by atoms with Crippen molar-refractivity contribution in [1.82, 2.24) is 5.32 Å². The maximum Gasteiger partial charge on any atom is 0.412 e. The molecule has 0 heterocycles. The topological polar surface area (TPSA) is 24.1 Å². The minimum atomic E-state index is -4.56. The van der Waals surface area contributed by atoms with Gasteiger partial charge in [0.15, 0.2) is 0 Å². The van der Waals surface area contributed by atoms with E-state index >= 15 is 0 Å². The van der Waals surface area contributed by atoms with Crippen molar-refractivity contribution in [2.45, 2.75) is 65.5 Å². The van der Waals surface area contributed by atoms with Crippen LogP contribution in [0.3, 0.4) is 0 Å². The van der Waals surface area contributed by atoms with Crippen LogP contribution in [0.4, 0.5) is 36.4 Å². The number of nitrogens with one attached hydrogen (secondary N) is 2. The van der Waals surface area contributed by atoms with E-state index in [1.807, 2.05) is 14.0 Å². The van der Waals surface area contributed by atoms with E-state index in [2.05, 4.69) is 30.4 Å². The van der Waals surface area contributed by atoms with Crippen molar-refractivity contribution in [3.05, 3.63) is 125 Å². The first-order valence-corrected chi connectivity index (χ1v) is 14.2. The first-order chi connectivity index (χ1) is 20.3. The molecule has 0 aromatic heterocycles. The summed E-state index contributed by atoms with van der Waals surface area (Å²) in [7, 11) is 1.82. The lowest BCUT2D eigenvalue weighted by Gasteiger charge is -2.35. The molecule has 0 spiro atoms. The Hall–Kier alpha value is -3.59. The summed E-state index contributed by atoms with van der Waals surface area (Å²) >= 11 is 0. The van der Waals surface area contributed by atoms with Gasteiger partial charge in [-0.25, -0.2) is 17.6 Å². The fourth-order valence-electron chi connectivity index (χ4n) is 5.20. The van der Waals surface area contributed by atoms with E-state index in [0.717, 1.165) is 19.1 Å². The minimum Gasteiger partial charge on any atom is -0.355 e. The Labute approximate surface area is 256 Å². The first kappa shape index (κ1) is 36.6. The normalized spacial score (nSPS) is 14.5. The zero-order valence-corrected chi connectivity index (χ0v) is 25.9. The molecule has 0 saturated carbocycles. The molecule has 2 rings (SSSR count). The van der Waals surface area contributed by atoms with Crippen LogP contribution in [-0.2, 0) is 18.8 Å². The summed E-state index contributed by atoms with van der Waals surface area (Å²) in [6.07, 6.45) is -0.675. The molecule has 240 valence electrons. The summed E-state index contributed by atoms with van der Waals surface area (Å²) in [6.45, 7) is 18.3. The van der Waals surface area contributed by atoms with Crippen LogP contribution in [-0.4, -0.2) is 19.8 Å². The number of alkyl halides is 5. The molecule has 2 aromatic carbocycles. The second kappa shape index (κ2) is 14.9. The third kappa shape index (κ3) is 9.97. The monoisotopic (exact) mass is 622 g/mol. The Balaban J connectivity index is 2.67. The second-order valence-corrected chi connectivity index (χ2v) is 11.4. The summed E-state index contributed by atoms with van der Waals surface area (Å²) in [4.78, 5) is 0. The summed E-state index contributed by atoms with van der Waals surface area (Å²) in [6, 6.07) is 7.13. The average Bonchev–Trinajstić information content (AvgIpc) is 2.88. The van der Waals surface area contributed by atoms with E-state index < -0.39 is 34.7 Å². The highest BCUT2D eigenvalue weighted by molar-refractivity contribution is 5.64. The van der Waals surface area contributed by atoms with Crippen LogP contribution in [0.5, 0.6) is 0 Å². The van der Waals surface area contributed by atoms with Gasteiger partial charge < -0.3 is 10.6 Å². The highest BCUT2D eigenvalue weighted by Crippen LogP contribution is 2.42. The maximum absolute atomic E-state index is 14.2. The highest BCUT2D eigenvalue weighted by Gasteiger charge is 2.32. The van der Waals surface area contributed by atoms with Gasteiger partial charge in [0.25, 0.3) is 5.92 Å². The van der Waals surface area contributed by atoms with Crippen LogP contribution in [0.1, 0.15) is 57.2 Å². The average molecular weight is 623 g/mol. The highest BCUT2D eigenvalue weighted by atomic mass is 19.4. The minimum absolute atomic E-state index is 0.210. The summed E-state index contributed by atoms with van der Waals surface area (Å²) < 4.78 is 96.2. The van der Waals surface area contributed by atoms with Crippen molar-refractivity contribution in [3.63, 3.8) is 0 Å². The molecule has 9 heteroatoms. The van der Waals surface area contributed by atoms with Gasteiger partial charge in [0.05, 0.1) is 0 Å². The van der Waals surface area contributed by atoms with Gasteiger partial charge in [-0.2, -0.15) is 13.2 Å². The zero-order chi connectivity index (χ0) is 33.5. The number of rotatable bonds is 15. The molecule has 2 N–H and O–H groups in total. The molecule has 1 atom stereocenters. The Bertz CT molecular complexity index is 1410. The second-order valence-electron chi connectivity index (χ2n) is 11.4. The van der Waals surface area contributed by atoms with Crippen LogP contribution >= 0.6 is 0 Å². The van der Waals surface area contributed by atoms with Gasteiger partial charge in [0.1, 0.15) is 11.6 Å². The van der Waals surface area contributed by atoms with Crippen LogP contribution in [0.2, 0.25) is 0 Å². The predicted octanol–water partition coefficient (Wildman–Crippen LogP) is 10.4. The molecule has 2 nitrogen and oxygen atoms in total. The lowest BCUT2D eigenvalue weighted by Crippen LogP contribution is -2.26. The molecule has 0 aliphatic carbocycles. The maximum atomic E-state index is 14.2. The van der Waals surface area contributed by atoms with Crippen molar-refractivity contribution in [2.75, 3.05) is 18.9 Å². The number of hydrogen-bond donors (Lipinski definition) is 2. The number of hydrogen-bond acceptors (Lipinski definition) is 2. The van der Waals surface area contributed by atoms with Crippen LogP contribution in [0.15, 0.2) is 96.3 Å². The van der Waals surface area contributed by atoms with E-state index in [9.17, 15) is 30.7 Å². The molecule has 0 aliphatic rings. The molecule has 0 radical (unpaired) electrons. The lowest BCUT2D eigenvalue weighted by molar-refractivity contribution is -0.0915. The molecule has 0 aliphatic heterocycles. The van der Waals surface area contributed by atoms with Gasteiger partial charge in [-0.1, -0.05) is 44.9 Å². The van der Waals surface area contributed by atoms with Crippen LogP contribution in [0, 0.1) is 17.0 Å². The largest absolute Gasteiger partial charge is 0.412 e. The van der Waals surface area contributed by atoms with Gasteiger partial charge in [-0.15, -0.1) is 0 Å². The Morgan fingerprint density at radius 2 is 1.55 bits per heavy atom. The molecule has 0 saturated heterocycles. The van der Waals surface area contributed by atoms with Crippen molar-refractivity contribution >= 4 is 5.69 Å². The van der Waals surface area contributed by atoms with Gasteiger partial charge in [0, 0.05) is 41.1 Å². The van der Waals surface area contributed by atoms with Gasteiger partial charge >= 0.3 is 6.18 Å². The quantitative estimate of drug-likeness (QED) is 0.0894. The van der Waals surface area contributed by atoms with Crippen molar-refractivity contribution in [2.24, 2.45) is 5.41 Å². The Morgan fingerprint density at radius 3 is 2.05 bits per heavy atom. The molecular weight excluding hydrogens is 581 g/mol. The van der Waals surface area contributed by atoms with Gasteiger partial charge in [-0.05, 0) is 105 Å². The molecule has 44 heavy (non-hydrogen) atoms. The molecule has 0 bridgehead atoms. The van der Waals surface area contributed by atoms with Gasteiger partial charge in [-0.3, -0.25) is 0 Å². The first-order valence-electron chi connectivity index (χ1n) is 14.2. The smallest absolute Gasteiger partial charge is 0.355 e. The standard InChI is InChI=1S/C35H41F7N2/c1-9-30(33(6,15-10-16-43-8)21-25-17-28(36)20-29(37)18-25)32(22(2)3)24(5)44-31-14-13-27(34(7,38)39)19-26(31)12-11-23(4)35(40,41)42/h9,11,13-14,17-20,43-44H,1-2,5,10,12,15-16,21H2,3-4,6-8H3/b23-11+,32-30+. The SMILES string of the molecule is C=C/C(=C(/C(=C)C)C(=C)Nc1ccc(C(C)(F)F)cc1C/C=C(\C)C(F)(F)F)C(C)(CCCNC)Cc1cc(F)cc(F)c1. The lowest BCUT2D eigenvalue weighted by atomic mass is 9.70. The van der Waals surface area contributed by atoms with E-state index in [0.29, 0.717) is 60.0 Å². The fraction of sp³-hybridized carbons (Fsp3) is 0.371. The van der Waals surface area contributed by atoms with Crippen molar-refractivity contribution < 1.29 is 30.7 Å². The van der Waals surface area contributed by atoms with Gasteiger partial charge in [0.2, 0.25) is 0 Å². The molecule has 0 amide bonds. The summed E-state index contributed by atoms with van der Waals surface area (Å²) in [5, 5.41) is 6.22. The van der Waals surface area contributed by atoms with Crippen LogP contribution in [0.25, 0.3) is 0 Å². The molecule has 0 fully saturated rings. The fourth-order valence-corrected chi connectivity index (χ4v) is 5.20. The van der Waals surface area contributed by atoms with E-state index in [4.69, 9.17) is 0 Å². The zero-order valence-electron chi connectivity index (χ0n) is 25.9. The molecule has 1 unspecified atom stereocenters. The number of anilines is 1. The van der Waals surface area contributed by atoms with E-state index in [1.165, 1.54) is 30.3 Å². The summed E-state index contributed by atoms with van der Waals surface area (Å²) in [5.41, 5.74) is 1.18. The Morgan fingerprint density at radius 1 is 0.932 bits per heavy atom. The number of halogens is 7. The Kier molecular flexibility index (Phi) is 12.4. The van der Waals surface area contributed by atoms with E-state index in [1.54, 1.807) is 13.0 Å². The predicted molar refractivity (Wildman–Crippen MR) is 166 cm³/mol. The third-order valence-electron chi connectivity index (χ3n) is 7.50. The molecular formula is C35H41F7N2. The number of benzene rings is 2. The molecule has 2 aromatic rings. The van der Waals surface area contributed by atoms with Crippen molar-refractivity contribution in [1.29, 1.82) is 0 Å². The van der Waals surface area contributed by atoms with Crippen LogP contribution < -0.4 is 10.6 Å². The summed E-state index contributed by atoms with van der Waals surface area (Å²) in [5.74, 6) is -4.61.